The molecule has 2 heterocycles. The van der Waals surface area contributed by atoms with Gasteiger partial charge in [-0.15, -0.1) is 0 Å². The zero-order valence-corrected chi connectivity index (χ0v) is 12.9. The molecule has 0 radical (unpaired) electrons. The second-order valence-electron chi connectivity index (χ2n) is 4.06. The summed E-state index contributed by atoms with van der Waals surface area (Å²) in [7, 11) is -3.65. The van der Waals surface area contributed by atoms with Gasteiger partial charge in [0.15, 0.2) is 0 Å². The van der Waals surface area contributed by atoms with Crippen molar-refractivity contribution in [1.29, 1.82) is 0 Å². The first-order valence-electron chi connectivity index (χ1n) is 5.87. The van der Waals surface area contributed by atoms with Gasteiger partial charge in [-0.25, -0.2) is 18.1 Å². The molecule has 0 unspecified atom stereocenters. The lowest BCUT2D eigenvalue weighted by molar-refractivity contribution is 0.553. The average Bonchev–Trinajstić information content (AvgIpc) is 2.90. The smallest absolute Gasteiger partial charge is 0.244 e. The zero-order chi connectivity index (χ0) is 14.6. The van der Waals surface area contributed by atoms with Gasteiger partial charge in [-0.05, 0) is 34.5 Å². The molecule has 0 aliphatic heterocycles. The molecule has 3 N–H and O–H groups in total. The molecule has 7 nitrogen and oxygen atoms in total. The van der Waals surface area contributed by atoms with Crippen molar-refractivity contribution in [3.63, 3.8) is 0 Å². The van der Waals surface area contributed by atoms with Crippen LogP contribution in [0.2, 0.25) is 0 Å². The van der Waals surface area contributed by atoms with Gasteiger partial charge in [0.05, 0.1) is 0 Å². The SMILES string of the molecule is Nc1ncc(Br)cc1S(=O)(=O)NCCCn1cccn1. The Morgan fingerprint density at radius 1 is 1.45 bits per heavy atom. The lowest BCUT2D eigenvalue weighted by Gasteiger charge is -2.09. The quantitative estimate of drug-likeness (QED) is 0.748. The molecule has 2 aromatic rings. The Bertz CT molecular complexity index is 672. The molecule has 20 heavy (non-hydrogen) atoms. The van der Waals surface area contributed by atoms with Crippen molar-refractivity contribution in [3.05, 3.63) is 35.2 Å². The van der Waals surface area contributed by atoms with E-state index in [2.05, 4.69) is 30.7 Å². The summed E-state index contributed by atoms with van der Waals surface area (Å²) < 4.78 is 29.0. The molecule has 9 heteroatoms. The number of nitrogens with two attached hydrogens (primary N) is 1. The fourth-order valence-electron chi connectivity index (χ4n) is 1.60. The molecular formula is C11H14BrN5O2S. The first-order chi connectivity index (χ1) is 9.49. The third-order valence-corrected chi connectivity index (χ3v) is 4.48. The molecule has 0 amide bonds. The zero-order valence-electron chi connectivity index (χ0n) is 10.5. The van der Waals surface area contributed by atoms with Crippen LogP contribution in [-0.2, 0) is 16.6 Å². The molecule has 0 saturated heterocycles. The summed E-state index contributed by atoms with van der Waals surface area (Å²) in [5, 5.41) is 4.04. The summed E-state index contributed by atoms with van der Waals surface area (Å²) in [5.41, 5.74) is 5.59. The van der Waals surface area contributed by atoms with Gasteiger partial charge in [0, 0.05) is 36.2 Å². The normalized spacial score (nSPS) is 11.7. The van der Waals surface area contributed by atoms with Crippen molar-refractivity contribution < 1.29 is 8.42 Å². The van der Waals surface area contributed by atoms with Gasteiger partial charge in [0.1, 0.15) is 10.7 Å². The van der Waals surface area contributed by atoms with Crippen molar-refractivity contribution in [2.24, 2.45) is 0 Å². The minimum atomic E-state index is -3.65. The van der Waals surface area contributed by atoms with Crippen LogP contribution in [0, 0.1) is 0 Å². The summed E-state index contributed by atoms with van der Waals surface area (Å²) in [6.07, 6.45) is 5.58. The van der Waals surface area contributed by atoms with E-state index in [4.69, 9.17) is 5.73 Å². The van der Waals surface area contributed by atoms with Gasteiger partial charge in [-0.1, -0.05) is 0 Å². The fourth-order valence-corrected chi connectivity index (χ4v) is 3.27. The molecule has 0 saturated carbocycles. The maximum absolute atomic E-state index is 12.1. The molecule has 0 aromatic carbocycles. The van der Waals surface area contributed by atoms with Crippen molar-refractivity contribution in [2.75, 3.05) is 12.3 Å². The second-order valence-corrected chi connectivity index (χ2v) is 6.71. The maximum atomic E-state index is 12.1. The lowest BCUT2D eigenvalue weighted by Crippen LogP contribution is -2.26. The number of sulfonamides is 1. The Morgan fingerprint density at radius 3 is 2.95 bits per heavy atom. The molecule has 0 aliphatic carbocycles. The minimum Gasteiger partial charge on any atom is -0.383 e. The van der Waals surface area contributed by atoms with Crippen molar-refractivity contribution >= 4 is 31.8 Å². The van der Waals surface area contributed by atoms with Crippen LogP contribution in [0.1, 0.15) is 6.42 Å². The number of nitrogens with one attached hydrogen (secondary N) is 1. The van der Waals surface area contributed by atoms with E-state index in [1.807, 2.05) is 12.3 Å². The van der Waals surface area contributed by atoms with Crippen LogP contribution in [0.15, 0.2) is 40.1 Å². The molecule has 0 aliphatic rings. The first kappa shape index (κ1) is 14.9. The highest BCUT2D eigenvalue weighted by Crippen LogP contribution is 2.20. The number of pyridine rings is 1. The Labute approximate surface area is 125 Å². The van der Waals surface area contributed by atoms with E-state index in [-0.39, 0.29) is 10.7 Å². The van der Waals surface area contributed by atoms with Crippen LogP contribution in [0.4, 0.5) is 5.82 Å². The Morgan fingerprint density at radius 2 is 2.25 bits per heavy atom. The Balaban J connectivity index is 1.95. The number of hydrogen-bond donors (Lipinski definition) is 2. The van der Waals surface area contributed by atoms with Gasteiger partial charge >= 0.3 is 0 Å². The summed E-state index contributed by atoms with van der Waals surface area (Å²) in [4.78, 5) is 3.79. The highest BCUT2D eigenvalue weighted by atomic mass is 79.9. The number of nitrogens with zero attached hydrogens (tertiary/aromatic N) is 3. The van der Waals surface area contributed by atoms with Gasteiger partial charge in [-0.3, -0.25) is 4.68 Å². The monoisotopic (exact) mass is 359 g/mol. The standard InChI is InChI=1S/C11H14BrN5O2S/c12-9-7-10(11(13)14-8-9)20(18,19)16-4-2-6-17-5-1-3-15-17/h1,3,5,7-8,16H,2,4,6H2,(H2,13,14). The van der Waals surface area contributed by atoms with E-state index >= 15 is 0 Å². The number of nitrogen functional groups attached to an aromatic ring is 1. The summed E-state index contributed by atoms with van der Waals surface area (Å²) in [6.45, 7) is 0.940. The van der Waals surface area contributed by atoms with E-state index in [0.29, 0.717) is 24.0 Å². The third kappa shape index (κ3) is 3.78. The van der Waals surface area contributed by atoms with Crippen molar-refractivity contribution in [2.45, 2.75) is 17.9 Å². The number of hydrogen-bond acceptors (Lipinski definition) is 5. The van der Waals surface area contributed by atoms with Gasteiger partial charge in [0.25, 0.3) is 0 Å². The largest absolute Gasteiger partial charge is 0.383 e. The topological polar surface area (TPSA) is 103 Å². The number of rotatable bonds is 6. The highest BCUT2D eigenvalue weighted by Gasteiger charge is 2.18. The van der Waals surface area contributed by atoms with Crippen LogP contribution in [0.5, 0.6) is 0 Å². The number of halogens is 1. The average molecular weight is 360 g/mol. The minimum absolute atomic E-state index is 0.0206. The van der Waals surface area contributed by atoms with Crippen LogP contribution < -0.4 is 10.5 Å². The molecule has 2 rings (SSSR count). The maximum Gasteiger partial charge on any atom is 0.244 e. The molecule has 0 spiro atoms. The van der Waals surface area contributed by atoms with Crippen LogP contribution in [-0.4, -0.2) is 29.7 Å². The number of aromatic nitrogens is 3. The Kier molecular flexibility index (Phi) is 4.73. The van der Waals surface area contributed by atoms with Crippen molar-refractivity contribution in [1.82, 2.24) is 19.5 Å². The van der Waals surface area contributed by atoms with Crippen LogP contribution in [0.3, 0.4) is 0 Å². The predicted octanol–water partition coefficient (Wildman–Crippen LogP) is 0.991. The molecule has 0 atom stereocenters. The van der Waals surface area contributed by atoms with E-state index in [1.54, 1.807) is 10.9 Å². The van der Waals surface area contributed by atoms with E-state index in [0.717, 1.165) is 0 Å². The molecule has 108 valence electrons. The molecule has 0 bridgehead atoms. The predicted molar refractivity (Wildman–Crippen MR) is 78.4 cm³/mol. The van der Waals surface area contributed by atoms with Gasteiger partial charge < -0.3 is 5.73 Å². The Hall–Kier alpha value is -1.45. The van der Waals surface area contributed by atoms with Crippen molar-refractivity contribution in [3.8, 4) is 0 Å². The fraction of sp³-hybridized carbons (Fsp3) is 0.273. The van der Waals surface area contributed by atoms with Gasteiger partial charge in [0.2, 0.25) is 10.0 Å². The summed E-state index contributed by atoms with van der Waals surface area (Å²) in [5.74, 6) is -0.0206. The number of anilines is 1. The van der Waals surface area contributed by atoms with E-state index in [9.17, 15) is 8.42 Å². The molecular weight excluding hydrogens is 346 g/mol. The summed E-state index contributed by atoms with van der Waals surface area (Å²) in [6, 6.07) is 3.25. The van der Waals surface area contributed by atoms with E-state index in [1.165, 1.54) is 12.3 Å². The highest BCUT2D eigenvalue weighted by molar-refractivity contribution is 9.10. The first-order valence-corrected chi connectivity index (χ1v) is 8.15. The molecule has 2 aromatic heterocycles. The van der Waals surface area contributed by atoms with Gasteiger partial charge in [-0.2, -0.15) is 5.10 Å². The third-order valence-electron chi connectivity index (χ3n) is 2.55. The summed E-state index contributed by atoms with van der Waals surface area (Å²) >= 11 is 3.17. The van der Waals surface area contributed by atoms with E-state index < -0.39 is 10.0 Å². The second kappa shape index (κ2) is 6.33. The number of aryl methyl sites for hydroxylation is 1. The lowest BCUT2D eigenvalue weighted by atomic mass is 10.4. The molecule has 0 fully saturated rings. The van der Waals surface area contributed by atoms with Crippen LogP contribution >= 0.6 is 15.9 Å². The van der Waals surface area contributed by atoms with Crippen LogP contribution in [0.25, 0.3) is 0 Å².